The van der Waals surface area contributed by atoms with E-state index >= 15 is 0 Å². The molecule has 0 aliphatic carbocycles. The fourth-order valence-electron chi connectivity index (χ4n) is 7.70. The zero-order valence-electron chi connectivity index (χ0n) is 34.2. The first-order valence-electron chi connectivity index (χ1n) is 19.9. The number of hydrogen-bond acceptors (Lipinski definition) is 8. The lowest BCUT2D eigenvalue weighted by atomic mass is 10.0. The minimum absolute atomic E-state index is 0. The van der Waals surface area contributed by atoms with E-state index in [9.17, 15) is 18.0 Å². The van der Waals surface area contributed by atoms with Crippen LogP contribution >= 0.6 is 0 Å². The molecule has 0 bridgehead atoms. The van der Waals surface area contributed by atoms with Crippen LogP contribution in [0.3, 0.4) is 0 Å². The van der Waals surface area contributed by atoms with Crippen molar-refractivity contribution in [1.29, 1.82) is 0 Å². The maximum Gasteiger partial charge on any atom is 0.317 e. The fourth-order valence-corrected chi connectivity index (χ4v) is 9.02. The minimum Gasteiger partial charge on any atom is -0.388 e. The molecule has 7 rings (SSSR count). The Morgan fingerprint density at radius 1 is 0.797 bits per heavy atom. The topological polar surface area (TPSA) is 178 Å². The molecule has 0 radical (unpaired) electrons. The van der Waals surface area contributed by atoms with Crippen molar-refractivity contribution in [3.05, 3.63) is 90.1 Å². The number of nitrogens with one attached hydrogen (secondary N) is 5. The van der Waals surface area contributed by atoms with Crippen molar-refractivity contribution in [3.8, 4) is 0 Å². The number of urea groups is 2. The van der Waals surface area contributed by atoms with Crippen LogP contribution in [0.5, 0.6) is 0 Å². The van der Waals surface area contributed by atoms with Gasteiger partial charge in [0, 0.05) is 140 Å². The molecule has 4 aromatic heterocycles. The van der Waals surface area contributed by atoms with Crippen molar-refractivity contribution in [3.63, 3.8) is 0 Å². The Morgan fingerprint density at radius 2 is 1.32 bits per heavy atom. The van der Waals surface area contributed by atoms with E-state index in [2.05, 4.69) is 59.8 Å². The van der Waals surface area contributed by atoms with E-state index < -0.39 is 10.0 Å². The average molecular weight is 898 g/mol. The molecule has 2 saturated heterocycles. The molecular weight excluding hydrogens is 769 g/mol. The third kappa shape index (κ3) is 9.05. The third-order valence-corrected chi connectivity index (χ3v) is 12.4. The maximum atomic E-state index is 13.2. The van der Waals surface area contributed by atoms with Gasteiger partial charge in [0.15, 0.2) is 5.65 Å². The Bertz CT molecular complexity index is 2580. The number of benzene rings is 1. The van der Waals surface area contributed by atoms with Crippen molar-refractivity contribution < 1.29 is 72.2 Å². The standard InChI is InChI=1S/C24H28N6O3S.C18H24N6O.38H2/c1-5-17-14-29(24(31)27-16(2)3)15-21(17)28-22-19-11-12-30(23(19)26-13-20(22)25-4)34(32,33)18-9-7-6-8-10-18;1-5-12-9-24(18(25)22-11(2)3)10-15(12)23-16-13-6-7-20-17(13)21-8-14(16)19-4;;;;;;;;;;;;;;;;;;;;;;;;;;;;;;;;;;;;;;/h6-13,16-17,21H,5,14-15H2,1-3H3,(H,26,28)(H,27,31);6-8,11-12,15H,5,9-10H2,1-3H3,(H,22,25)(H2,20,21,23);38*1H/t17-,21+;12-,15+;;;;;;;;;;;;;;;;;;;;;;;;;;;;;;;;;;;;;;/m11....................................../s1. The van der Waals surface area contributed by atoms with E-state index in [4.69, 9.17) is 13.1 Å². The molecule has 2 aliphatic heterocycles. The van der Waals surface area contributed by atoms with Crippen LogP contribution in [0, 0.1) is 25.0 Å². The number of fused-ring (bicyclic) bond motifs is 2. The summed E-state index contributed by atoms with van der Waals surface area (Å²) in [5, 5.41) is 14.3. The number of pyridine rings is 2. The number of rotatable bonds is 10. The van der Waals surface area contributed by atoms with Crippen LogP contribution < -0.4 is 21.3 Å². The molecule has 4 atom stereocenters. The second-order valence-corrected chi connectivity index (χ2v) is 17.3. The summed E-state index contributed by atoms with van der Waals surface area (Å²) < 4.78 is 27.6. The Balaban J connectivity index is -0.0000000199. The number of nitrogens with zero attached hydrogens (tertiary/aromatic N) is 7. The summed E-state index contributed by atoms with van der Waals surface area (Å²) in [5.41, 5.74) is 3.16. The van der Waals surface area contributed by atoms with E-state index in [0.717, 1.165) is 40.1 Å². The monoisotopic (exact) mass is 897 g/mol. The molecule has 0 spiro atoms. The van der Waals surface area contributed by atoms with Gasteiger partial charge in [-0.05, 0) is 76.6 Å². The van der Waals surface area contributed by atoms with E-state index in [0.29, 0.717) is 48.0 Å². The predicted octanol–water partition coefficient (Wildman–Crippen LogP) is 16.8. The van der Waals surface area contributed by atoms with Crippen LogP contribution in [0.4, 0.5) is 32.3 Å². The van der Waals surface area contributed by atoms with E-state index in [1.165, 1.54) is 24.5 Å². The summed E-state index contributed by atoms with van der Waals surface area (Å²) in [6, 6.07) is 11.8. The second-order valence-electron chi connectivity index (χ2n) is 15.5. The van der Waals surface area contributed by atoms with Crippen molar-refractivity contribution in [2.24, 2.45) is 11.8 Å². The molecule has 2 aliphatic rings. The van der Waals surface area contributed by atoms with Crippen molar-refractivity contribution in [2.45, 2.75) is 83.4 Å². The van der Waals surface area contributed by atoms with Gasteiger partial charge in [0.25, 0.3) is 10.0 Å². The van der Waals surface area contributed by atoms with Crippen molar-refractivity contribution in [1.82, 2.24) is 39.4 Å². The molecule has 59 heavy (non-hydrogen) atoms. The van der Waals surface area contributed by atoms with Gasteiger partial charge in [0.1, 0.15) is 5.65 Å². The van der Waals surface area contributed by atoms with E-state index in [1.807, 2.05) is 44.9 Å². The molecule has 4 amide bonds. The van der Waals surface area contributed by atoms with Gasteiger partial charge < -0.3 is 36.1 Å². The SMILES string of the molecule is [C-]#[N+]c1cnc2[nH]ccc2c1N[C@H]1CN(C(=O)NC(C)C)C[C@H]1CC.[C-]#[N+]c1cnc2c(ccn2S(=O)(=O)c2ccccc2)c1N[C@H]1CN(C(=O)NC(C)C)C[C@H]1CC.[HH].[HH].[HH].[HH].[HH].[HH].[HH].[HH].[HH].[HH].[HH].[HH].[HH].[HH].[HH].[HH].[HH].[HH].[HH].[HH].[HH].[HH].[HH].[HH].[HH].[HH].[HH].[HH].[HH].[HH].[HH].[HH].[HH].[HH].[HH].[HH].[HH].[HH]. The van der Waals surface area contributed by atoms with E-state index in [1.54, 1.807) is 35.4 Å². The molecule has 5 N–H and O–H groups in total. The second kappa shape index (κ2) is 18.1. The molecule has 6 heterocycles. The smallest absolute Gasteiger partial charge is 0.317 e. The number of carbonyl (C=O) groups is 2. The number of hydrogen-bond donors (Lipinski definition) is 5. The molecule has 0 saturated carbocycles. The van der Waals surface area contributed by atoms with Gasteiger partial charge in [-0.2, -0.15) is 0 Å². The summed E-state index contributed by atoms with van der Waals surface area (Å²) in [5.74, 6) is 0.536. The number of H-pyrrole nitrogens is 1. The van der Waals surface area contributed by atoms with Crippen LogP contribution in [-0.2, 0) is 10.0 Å². The number of carbonyl (C=O) groups excluding carboxylic acids is 2. The fraction of sp³-hybridized carbons (Fsp3) is 0.429. The lowest BCUT2D eigenvalue weighted by molar-refractivity contribution is 0.203. The Labute approximate surface area is 401 Å². The molecule has 17 heteroatoms. The first-order chi connectivity index (χ1) is 28.3. The normalized spacial score (nSPS) is 19.0. The average Bonchev–Trinajstić information content (AvgIpc) is 4.04. The quantitative estimate of drug-likeness (QED) is 0.0860. The molecule has 16 nitrogen and oxygen atoms in total. The van der Waals surface area contributed by atoms with Crippen LogP contribution in [0.15, 0.2) is 72.1 Å². The van der Waals surface area contributed by atoms with Gasteiger partial charge in [-0.25, -0.2) is 36.7 Å². The van der Waals surface area contributed by atoms with Crippen molar-refractivity contribution in [2.75, 3.05) is 36.8 Å². The summed E-state index contributed by atoms with van der Waals surface area (Å²) in [6.45, 7) is 29.5. The predicted molar refractivity (Wildman–Crippen MR) is 311 cm³/mol. The zero-order valence-corrected chi connectivity index (χ0v) is 35.0. The maximum absolute atomic E-state index is 13.2. The minimum atomic E-state index is -3.85. The number of aromatic nitrogens is 4. The van der Waals surface area contributed by atoms with Gasteiger partial charge in [0.2, 0.25) is 11.4 Å². The summed E-state index contributed by atoms with van der Waals surface area (Å²) in [4.78, 5) is 47.6. The molecule has 386 valence electrons. The number of anilines is 2. The van der Waals surface area contributed by atoms with Crippen molar-refractivity contribution >= 4 is 66.9 Å². The molecule has 5 aromatic rings. The third-order valence-electron chi connectivity index (χ3n) is 10.8. The lowest BCUT2D eigenvalue weighted by Crippen LogP contribution is -2.42. The number of aromatic amines is 1. The zero-order chi connectivity index (χ0) is 42.4. The molecule has 1 aromatic carbocycles. The lowest BCUT2D eigenvalue weighted by Gasteiger charge is -2.21. The van der Waals surface area contributed by atoms with Gasteiger partial charge in [0.05, 0.1) is 29.4 Å². The Hall–Kier alpha value is -6.33. The highest BCUT2D eigenvalue weighted by Crippen LogP contribution is 2.37. The van der Waals surface area contributed by atoms with E-state index in [-0.39, 0.29) is 107 Å². The summed E-state index contributed by atoms with van der Waals surface area (Å²) >= 11 is 0. The number of amides is 4. The number of likely N-dealkylation sites (tertiary alicyclic amines) is 2. The van der Waals surface area contributed by atoms with Crippen LogP contribution in [0.25, 0.3) is 31.8 Å². The van der Waals surface area contributed by atoms with Crippen LogP contribution in [0.2, 0.25) is 0 Å². The molecule has 0 unspecified atom stereocenters. The Kier molecular flexibility index (Phi) is 13.0. The Morgan fingerprint density at radius 3 is 1.83 bits per heavy atom. The summed E-state index contributed by atoms with van der Waals surface area (Å²) in [7, 11) is -3.85. The first-order valence-corrected chi connectivity index (χ1v) is 21.4. The van der Waals surface area contributed by atoms with Gasteiger partial charge in [-0.3, -0.25) is 4.98 Å². The highest BCUT2D eigenvalue weighted by atomic mass is 32.2. The van der Waals surface area contributed by atoms with Crippen LogP contribution in [0.1, 0.15) is 109 Å². The van der Waals surface area contributed by atoms with Gasteiger partial charge in [-0.15, -0.1) is 0 Å². The van der Waals surface area contributed by atoms with Gasteiger partial charge >= 0.3 is 12.1 Å². The molecule has 2 fully saturated rings. The largest absolute Gasteiger partial charge is 0.388 e. The van der Waals surface area contributed by atoms with Gasteiger partial charge in [-0.1, -0.05) is 32.0 Å². The highest BCUT2D eigenvalue weighted by molar-refractivity contribution is 7.90. The van der Waals surface area contributed by atoms with Crippen LogP contribution in [-0.4, -0.2) is 99.6 Å². The first kappa shape index (κ1) is 42.3. The molecular formula is C42H128N12O4S. The summed E-state index contributed by atoms with van der Waals surface area (Å²) in [6.07, 6.45) is 8.10. The highest BCUT2D eigenvalue weighted by Gasteiger charge is 2.36.